The molecule has 3 aromatic carbocycles. The Bertz CT molecular complexity index is 2430. The highest BCUT2D eigenvalue weighted by molar-refractivity contribution is 5.97. The highest BCUT2D eigenvalue weighted by Gasteiger charge is 2.48. The van der Waals surface area contributed by atoms with E-state index < -0.39 is 84.4 Å². The molecule has 1 amide bonds. The van der Waals surface area contributed by atoms with E-state index in [1.807, 2.05) is 95.2 Å². The van der Waals surface area contributed by atoms with Gasteiger partial charge < -0.3 is 79.7 Å². The summed E-state index contributed by atoms with van der Waals surface area (Å²) in [5.41, 5.74) is 3.46. The number of hydrogen-bond acceptors (Lipinski definition) is 16. The van der Waals surface area contributed by atoms with E-state index in [-0.39, 0.29) is 53.2 Å². The number of rotatable bonds is 15. The summed E-state index contributed by atoms with van der Waals surface area (Å²) in [5.74, 6) is -4.12. The molecule has 0 bridgehead atoms. The summed E-state index contributed by atoms with van der Waals surface area (Å²) in [7, 11) is 0. The van der Waals surface area contributed by atoms with Crippen LogP contribution in [0.1, 0.15) is 173 Å². The van der Waals surface area contributed by atoms with Crippen LogP contribution in [0.25, 0.3) is 0 Å². The van der Waals surface area contributed by atoms with Crippen LogP contribution in [0.4, 0.5) is 11.4 Å². The summed E-state index contributed by atoms with van der Waals surface area (Å²) >= 11 is 0. The first-order valence-corrected chi connectivity index (χ1v) is 26.9. The Labute approximate surface area is 476 Å². The number of nitrogens with one attached hydrogen (secondary N) is 3. The normalized spacial score (nSPS) is 23.6. The van der Waals surface area contributed by atoms with Crippen LogP contribution in [-0.4, -0.2) is 131 Å². The van der Waals surface area contributed by atoms with Gasteiger partial charge in [0.15, 0.2) is 12.2 Å². The third-order valence-corrected chi connectivity index (χ3v) is 11.7. The summed E-state index contributed by atoms with van der Waals surface area (Å²) in [6, 6.07) is 18.8. The number of aliphatic carboxylic acids is 2. The van der Waals surface area contributed by atoms with Crippen LogP contribution in [-0.2, 0) is 53.1 Å². The maximum absolute atomic E-state index is 13.0. The molecule has 2 heterocycles. The molecule has 2 aliphatic rings. The predicted molar refractivity (Wildman–Crippen MR) is 310 cm³/mol. The molecule has 2 aliphatic heterocycles. The number of carbonyl (C=O) groups excluding carboxylic acids is 1. The molecule has 0 spiro atoms. The number of ether oxygens (including phenoxy) is 7. The van der Waals surface area contributed by atoms with Gasteiger partial charge in [-0.3, -0.25) is 4.79 Å². The van der Waals surface area contributed by atoms with E-state index >= 15 is 0 Å². The minimum Gasteiger partial charge on any atom is -0.479 e. The molecule has 0 aliphatic carbocycles. The molecule has 0 radical (unpaired) electrons. The Morgan fingerprint density at radius 3 is 1.23 bits per heavy atom. The molecular weight excluding hydrogens is 1030 g/mol. The predicted octanol–water partition coefficient (Wildman–Crippen LogP) is 9.68. The minimum absolute atomic E-state index is 0. The van der Waals surface area contributed by atoms with Crippen molar-refractivity contribution in [2.24, 2.45) is 11.8 Å². The molecule has 19 heteroatoms. The number of aliphatic hydroxyl groups excluding tert-OH is 4. The number of hydrogen-bond donors (Lipinski definition) is 9. The van der Waals surface area contributed by atoms with Gasteiger partial charge in [-0.05, 0) is 178 Å². The summed E-state index contributed by atoms with van der Waals surface area (Å²) in [4.78, 5) is 35.8. The van der Waals surface area contributed by atoms with Crippen molar-refractivity contribution in [2.75, 3.05) is 10.6 Å². The molecule has 9 N–H and O–H groups in total. The van der Waals surface area contributed by atoms with E-state index in [0.717, 1.165) is 16.8 Å². The maximum Gasteiger partial charge on any atom is 0.335 e. The van der Waals surface area contributed by atoms with Crippen LogP contribution in [0.3, 0.4) is 0 Å². The first kappa shape index (κ1) is 71.0. The highest BCUT2D eigenvalue weighted by Crippen LogP contribution is 2.35. The SMILES string of the molecule is C.CC(C)(C)Nc1ccc(COC(C)(C)C)cc1.C[C@@H]1[C@@H](O)[C@H](Oc2ccc(COC(C)(C)C)cc2C(=O)NC(C)(C)C)O[C@H](C(=O)O)[C@H]1O.C[C@@H]1[C@@H](O)[C@H](Oc2ccc(COC(C)(C)C)cc2NC(C)(C)C)O[C@H](C(=O)O)[C@H]1O. The number of carboxylic acid groups (broad SMARTS) is 2. The number of carboxylic acids is 2. The van der Waals surface area contributed by atoms with Crippen LogP contribution < -0.4 is 25.4 Å². The highest BCUT2D eigenvalue weighted by atomic mass is 16.7. The summed E-state index contributed by atoms with van der Waals surface area (Å²) in [6.07, 6.45) is -10.9. The van der Waals surface area contributed by atoms with Crippen molar-refractivity contribution in [3.05, 3.63) is 82.9 Å². The van der Waals surface area contributed by atoms with E-state index in [1.54, 1.807) is 31.2 Å². The molecule has 0 saturated carbocycles. The second-order valence-corrected chi connectivity index (χ2v) is 26.5. The Kier molecular flexibility index (Phi) is 25.5. The van der Waals surface area contributed by atoms with Crippen LogP contribution in [0, 0.1) is 11.8 Å². The average Bonchev–Trinajstić information content (AvgIpc) is 3.29. The molecule has 80 heavy (non-hydrogen) atoms. The average molecular weight is 1130 g/mol. The maximum atomic E-state index is 13.0. The van der Waals surface area contributed by atoms with E-state index in [9.17, 15) is 45.0 Å². The zero-order chi connectivity index (χ0) is 60.4. The Morgan fingerprint density at radius 2 is 0.850 bits per heavy atom. The first-order valence-electron chi connectivity index (χ1n) is 26.9. The number of benzene rings is 3. The number of amides is 1. The van der Waals surface area contributed by atoms with Crippen molar-refractivity contribution in [3.8, 4) is 11.5 Å². The van der Waals surface area contributed by atoms with E-state index in [1.165, 1.54) is 12.5 Å². The molecule has 2 saturated heterocycles. The Morgan fingerprint density at radius 1 is 0.487 bits per heavy atom. The Balaban J connectivity index is 0.000000426. The van der Waals surface area contributed by atoms with Crippen LogP contribution in [0.2, 0.25) is 0 Å². The smallest absolute Gasteiger partial charge is 0.335 e. The lowest BCUT2D eigenvalue weighted by Crippen LogP contribution is -2.57. The van der Waals surface area contributed by atoms with Gasteiger partial charge in [0.2, 0.25) is 12.6 Å². The fraction of sp³-hybridized carbons (Fsp3) is 0.656. The molecule has 0 aromatic heterocycles. The van der Waals surface area contributed by atoms with Gasteiger partial charge in [-0.2, -0.15) is 0 Å². The van der Waals surface area contributed by atoms with Crippen molar-refractivity contribution in [3.63, 3.8) is 0 Å². The summed E-state index contributed by atoms with van der Waals surface area (Å²) in [5, 5.41) is 69.5. The molecule has 0 unspecified atom stereocenters. The van der Waals surface area contributed by atoms with Gasteiger partial charge in [-0.15, -0.1) is 0 Å². The third-order valence-electron chi connectivity index (χ3n) is 11.7. The van der Waals surface area contributed by atoms with Gasteiger partial charge in [0.25, 0.3) is 5.91 Å². The van der Waals surface area contributed by atoms with E-state index in [2.05, 4.69) is 81.8 Å². The topological polar surface area (TPSA) is 273 Å². The fourth-order valence-corrected chi connectivity index (χ4v) is 7.56. The fourth-order valence-electron chi connectivity index (χ4n) is 7.56. The van der Waals surface area contributed by atoms with Crippen molar-refractivity contribution in [2.45, 2.75) is 248 Å². The molecule has 19 nitrogen and oxygen atoms in total. The lowest BCUT2D eigenvalue weighted by atomic mass is 9.90. The third kappa shape index (κ3) is 24.6. The Hall–Kier alpha value is -5.09. The minimum atomic E-state index is -1.57. The monoisotopic (exact) mass is 1130 g/mol. The van der Waals surface area contributed by atoms with Crippen LogP contribution >= 0.6 is 0 Å². The lowest BCUT2D eigenvalue weighted by Gasteiger charge is -2.39. The zero-order valence-corrected chi connectivity index (χ0v) is 50.4. The van der Waals surface area contributed by atoms with Crippen molar-refractivity contribution >= 4 is 29.2 Å². The summed E-state index contributed by atoms with van der Waals surface area (Å²) in [6.45, 7) is 40.3. The molecule has 2 fully saturated rings. The molecular formula is C61H99N3O16. The summed E-state index contributed by atoms with van der Waals surface area (Å²) < 4.78 is 39.8. The largest absolute Gasteiger partial charge is 0.479 e. The first-order chi connectivity index (χ1) is 35.9. The van der Waals surface area contributed by atoms with Gasteiger partial charge in [-0.1, -0.05) is 45.5 Å². The number of carbonyl (C=O) groups is 3. The van der Waals surface area contributed by atoms with E-state index in [4.69, 9.17) is 33.2 Å². The molecule has 10 atom stereocenters. The van der Waals surface area contributed by atoms with Gasteiger partial charge >= 0.3 is 11.9 Å². The molecule has 5 rings (SSSR count). The van der Waals surface area contributed by atoms with Gasteiger partial charge in [0.1, 0.15) is 23.7 Å². The van der Waals surface area contributed by atoms with Crippen molar-refractivity contribution < 1.29 is 78.2 Å². The van der Waals surface area contributed by atoms with Crippen molar-refractivity contribution in [1.82, 2.24) is 5.32 Å². The van der Waals surface area contributed by atoms with E-state index in [0.29, 0.717) is 24.7 Å². The standard InChI is InChI=1S/C23H35NO8.C22H35NO7.C15H25NO.CH4/c1-12-16(25)18(20(28)29)32-21(17(12)26)31-15-9-8-13(11-30-23(5,6)7)10-14(15)19(27)24-22(2,3)4;1-12-16(24)18(19(26)27)30-20(17(12)25)29-15-9-8-13(11-28-22(5,6)7)10-14(15)23-21(2,3)4;1-14(2,3)16-13-9-7-12(8-10-13)11-17-15(4,5)6;/h8-10,12,16-18,21,25-26H,11H2,1-7H3,(H,24,27)(H,28,29);8-10,12,16-18,20,23-25H,11H2,1-7H3,(H,26,27);7-10,16H,11H2,1-6H3;1H4/t12-,16-,17+,18-,21+;12-,16-,17+,18-,20+;;/m00../s1. The van der Waals surface area contributed by atoms with Crippen LogP contribution in [0.15, 0.2) is 60.7 Å². The zero-order valence-electron chi connectivity index (χ0n) is 50.4. The second-order valence-electron chi connectivity index (χ2n) is 26.5. The number of anilines is 2. The quantitative estimate of drug-likeness (QED) is 0.0685. The molecule has 3 aromatic rings. The van der Waals surface area contributed by atoms with Crippen molar-refractivity contribution in [1.29, 1.82) is 0 Å². The second kappa shape index (κ2) is 28.7. The lowest BCUT2D eigenvalue weighted by molar-refractivity contribution is -0.255. The number of aliphatic hydroxyl groups is 4. The van der Waals surface area contributed by atoms with Crippen LogP contribution in [0.5, 0.6) is 11.5 Å². The molecule has 454 valence electrons. The van der Waals surface area contributed by atoms with Gasteiger partial charge in [0, 0.05) is 34.1 Å². The van der Waals surface area contributed by atoms with Gasteiger partial charge in [0.05, 0.1) is 60.1 Å². The van der Waals surface area contributed by atoms with Gasteiger partial charge in [-0.25, -0.2) is 9.59 Å².